The Balaban J connectivity index is 1.54. The average Bonchev–Trinajstić information content (AvgIpc) is 3.38. The van der Waals surface area contributed by atoms with Crippen LogP contribution >= 0.6 is 0 Å². The number of hydrogen-bond acceptors (Lipinski definition) is 2. The molecule has 3 aromatic carbocycles. The van der Waals surface area contributed by atoms with E-state index in [2.05, 4.69) is 112 Å². The molecule has 36 heavy (non-hydrogen) atoms. The standard InChI is InChI=1S/C30H33N4O2/c1-30(2,3)24-16-22-18-33-20-31(25-8-4-6-10-27(25)33)12-14-36-15-13-32-21-34(19-23(17-24)29(22)35)28-11-7-5-9-26(28)32/h4-11,16-17,20-21H,12-15,18-19H2,1-3H3/q+1/p+1. The first kappa shape index (κ1) is 22.8. The highest BCUT2D eigenvalue weighted by Gasteiger charge is 2.24. The van der Waals surface area contributed by atoms with Crippen LogP contribution in [0.4, 0.5) is 0 Å². The second-order valence-corrected chi connectivity index (χ2v) is 10.9. The fourth-order valence-electron chi connectivity index (χ4n) is 5.32. The average molecular weight is 483 g/mol. The molecule has 0 fully saturated rings. The Hall–Kier alpha value is -3.64. The minimum Gasteiger partial charge on any atom is -0.507 e. The molecule has 6 heteroatoms. The van der Waals surface area contributed by atoms with Crippen molar-refractivity contribution < 1.29 is 19.0 Å². The molecular formula is C30H34N4O2+2. The maximum atomic E-state index is 11.6. The number of benzene rings is 3. The van der Waals surface area contributed by atoms with Gasteiger partial charge in [-0.25, -0.2) is 18.3 Å². The maximum Gasteiger partial charge on any atom is 0.245 e. The topological polar surface area (TPSA) is 47.1 Å². The second kappa shape index (κ2) is 8.79. The van der Waals surface area contributed by atoms with Gasteiger partial charge in [0.15, 0.2) is 22.1 Å². The summed E-state index contributed by atoms with van der Waals surface area (Å²) in [7, 11) is 0. The molecule has 0 atom stereocenters. The van der Waals surface area contributed by atoms with Gasteiger partial charge in [0.1, 0.15) is 31.9 Å². The number of ether oxygens (including phenoxy) is 1. The first-order valence-corrected chi connectivity index (χ1v) is 12.8. The third-order valence-electron chi connectivity index (χ3n) is 7.33. The quantitative estimate of drug-likeness (QED) is 0.335. The number of phenolic OH excluding ortho intramolecular Hbond substituents is 1. The number of phenols is 1. The fraction of sp³-hybridized carbons (Fsp3) is 0.333. The van der Waals surface area contributed by atoms with E-state index in [1.54, 1.807) is 0 Å². The molecule has 6 bridgehead atoms. The molecule has 1 aliphatic rings. The highest BCUT2D eigenvalue weighted by molar-refractivity contribution is 5.72. The molecule has 6 rings (SSSR count). The molecule has 0 aliphatic carbocycles. The number of nitrogens with zero attached hydrogens (tertiary/aromatic N) is 4. The number of para-hydroxylation sites is 4. The molecule has 0 amide bonds. The van der Waals surface area contributed by atoms with Gasteiger partial charge in [-0.15, -0.1) is 0 Å². The van der Waals surface area contributed by atoms with E-state index in [9.17, 15) is 5.11 Å². The molecule has 2 aromatic heterocycles. The number of aromatic nitrogens is 4. The van der Waals surface area contributed by atoms with E-state index in [-0.39, 0.29) is 5.41 Å². The van der Waals surface area contributed by atoms with Gasteiger partial charge < -0.3 is 9.84 Å². The van der Waals surface area contributed by atoms with Gasteiger partial charge in [-0.1, -0.05) is 45.0 Å². The zero-order valence-corrected chi connectivity index (χ0v) is 21.3. The van der Waals surface area contributed by atoms with Crippen LogP contribution in [-0.2, 0) is 36.3 Å². The van der Waals surface area contributed by atoms with Crippen LogP contribution in [0.3, 0.4) is 0 Å². The summed E-state index contributed by atoms with van der Waals surface area (Å²) >= 11 is 0. The lowest BCUT2D eigenvalue weighted by Gasteiger charge is -2.22. The van der Waals surface area contributed by atoms with Crippen LogP contribution in [0.1, 0.15) is 37.5 Å². The van der Waals surface area contributed by atoms with Gasteiger partial charge in [0.05, 0.1) is 13.2 Å². The first-order chi connectivity index (χ1) is 17.4. The molecular weight excluding hydrogens is 448 g/mol. The Morgan fingerprint density at radius 2 is 1.22 bits per heavy atom. The molecule has 0 saturated heterocycles. The van der Waals surface area contributed by atoms with Crippen LogP contribution in [0.15, 0.2) is 73.3 Å². The van der Waals surface area contributed by atoms with Crippen molar-refractivity contribution in [1.29, 1.82) is 0 Å². The Labute approximate surface area is 211 Å². The Morgan fingerprint density at radius 3 is 1.69 bits per heavy atom. The van der Waals surface area contributed by atoms with Gasteiger partial charge in [-0.2, -0.15) is 0 Å². The highest BCUT2D eigenvalue weighted by atomic mass is 16.5. The maximum absolute atomic E-state index is 11.6. The zero-order valence-electron chi connectivity index (χ0n) is 21.3. The van der Waals surface area contributed by atoms with Crippen LogP contribution in [-0.4, -0.2) is 27.5 Å². The predicted octanol–water partition coefficient (Wildman–Crippen LogP) is 4.30. The van der Waals surface area contributed by atoms with E-state index >= 15 is 0 Å². The van der Waals surface area contributed by atoms with E-state index in [0.717, 1.165) is 35.2 Å². The van der Waals surface area contributed by atoms with Crippen LogP contribution < -0.4 is 9.13 Å². The van der Waals surface area contributed by atoms with E-state index < -0.39 is 0 Å². The van der Waals surface area contributed by atoms with Gasteiger partial charge in [0.2, 0.25) is 12.7 Å². The van der Waals surface area contributed by atoms with Crippen molar-refractivity contribution >= 4 is 22.1 Å². The molecule has 0 spiro atoms. The molecule has 5 aromatic rings. The third-order valence-corrected chi connectivity index (χ3v) is 7.33. The Morgan fingerprint density at radius 1 is 0.750 bits per heavy atom. The molecule has 1 N–H and O–H groups in total. The third kappa shape index (κ3) is 4.05. The van der Waals surface area contributed by atoms with Crippen molar-refractivity contribution in [2.75, 3.05) is 13.2 Å². The molecule has 0 unspecified atom stereocenters. The lowest BCUT2D eigenvalue weighted by molar-refractivity contribution is -0.664. The summed E-state index contributed by atoms with van der Waals surface area (Å²) in [6, 6.07) is 21.3. The summed E-state index contributed by atoms with van der Waals surface area (Å²) in [6.45, 7) is 10.7. The van der Waals surface area contributed by atoms with Crippen molar-refractivity contribution in [2.24, 2.45) is 0 Å². The summed E-state index contributed by atoms with van der Waals surface area (Å²) < 4.78 is 15.1. The van der Waals surface area contributed by atoms with Crippen molar-refractivity contribution in [3.8, 4) is 5.75 Å². The summed E-state index contributed by atoms with van der Waals surface area (Å²) in [6.07, 6.45) is 4.31. The van der Waals surface area contributed by atoms with Gasteiger partial charge in [0.25, 0.3) is 0 Å². The smallest absolute Gasteiger partial charge is 0.245 e. The van der Waals surface area contributed by atoms with Gasteiger partial charge >= 0.3 is 0 Å². The molecule has 0 saturated carbocycles. The Kier molecular flexibility index (Phi) is 5.56. The SMILES string of the molecule is CC(C)(C)c1cc2c(O)c(c1)C[n+]1cn(c3ccccc31)CCOCCn1c[n+](c3ccccc31)C2. The van der Waals surface area contributed by atoms with Crippen molar-refractivity contribution in [2.45, 2.75) is 52.4 Å². The minimum atomic E-state index is -0.0350. The van der Waals surface area contributed by atoms with E-state index in [1.807, 2.05) is 0 Å². The Bertz CT molecular complexity index is 1460. The van der Waals surface area contributed by atoms with E-state index in [1.165, 1.54) is 16.6 Å². The second-order valence-electron chi connectivity index (χ2n) is 10.9. The van der Waals surface area contributed by atoms with E-state index in [4.69, 9.17) is 4.74 Å². The lowest BCUT2D eigenvalue weighted by Crippen LogP contribution is -2.35. The number of rotatable bonds is 0. The van der Waals surface area contributed by atoms with Gasteiger partial charge in [0, 0.05) is 11.1 Å². The van der Waals surface area contributed by atoms with E-state index in [0.29, 0.717) is 32.1 Å². The van der Waals surface area contributed by atoms with Crippen LogP contribution in [0.25, 0.3) is 22.1 Å². The molecule has 0 radical (unpaired) electrons. The summed E-state index contributed by atoms with van der Waals surface area (Å²) in [4.78, 5) is 0. The largest absolute Gasteiger partial charge is 0.507 e. The van der Waals surface area contributed by atoms with Crippen LogP contribution in [0, 0.1) is 0 Å². The monoisotopic (exact) mass is 482 g/mol. The minimum absolute atomic E-state index is 0.0350. The number of hydrogen-bond donors (Lipinski definition) is 1. The summed E-state index contributed by atoms with van der Waals surface area (Å²) in [5, 5.41) is 11.6. The molecule has 1 aliphatic heterocycles. The summed E-state index contributed by atoms with van der Waals surface area (Å²) in [5.41, 5.74) is 7.73. The van der Waals surface area contributed by atoms with Crippen molar-refractivity contribution in [3.05, 3.63) is 90.0 Å². The zero-order chi connectivity index (χ0) is 24.9. The molecule has 6 nitrogen and oxygen atoms in total. The normalized spacial score (nSPS) is 15.0. The number of aromatic hydroxyl groups is 1. The lowest BCUT2D eigenvalue weighted by atomic mass is 9.84. The molecule has 184 valence electrons. The molecule has 3 heterocycles. The predicted molar refractivity (Wildman–Crippen MR) is 140 cm³/mol. The van der Waals surface area contributed by atoms with Gasteiger partial charge in [-0.3, -0.25) is 0 Å². The number of fused-ring (bicyclic) bond motifs is 12. The van der Waals surface area contributed by atoms with Gasteiger partial charge in [-0.05, 0) is 47.4 Å². The first-order valence-electron chi connectivity index (χ1n) is 12.8. The summed E-state index contributed by atoms with van der Waals surface area (Å²) in [5.74, 6) is 0.382. The van der Waals surface area contributed by atoms with Crippen molar-refractivity contribution in [1.82, 2.24) is 9.13 Å². The number of imidazole rings is 2. The van der Waals surface area contributed by atoms with Crippen molar-refractivity contribution in [3.63, 3.8) is 0 Å². The highest BCUT2D eigenvalue weighted by Crippen LogP contribution is 2.32. The van der Waals surface area contributed by atoms with Crippen LogP contribution in [0.2, 0.25) is 0 Å². The fourth-order valence-corrected chi connectivity index (χ4v) is 5.32. The van der Waals surface area contributed by atoms with Crippen LogP contribution in [0.5, 0.6) is 5.75 Å².